The number of hydrogen-bond donors (Lipinski definition) is 0. The Morgan fingerprint density at radius 2 is 1.11 bits per heavy atom. The van der Waals surface area contributed by atoms with E-state index in [4.69, 9.17) is 4.42 Å². The van der Waals surface area contributed by atoms with Crippen LogP contribution in [0.3, 0.4) is 0 Å². The molecule has 0 amide bonds. The van der Waals surface area contributed by atoms with Crippen LogP contribution in [0.5, 0.6) is 0 Å². The molecule has 2 nitrogen and oxygen atoms in total. The zero-order valence-electron chi connectivity index (χ0n) is 30.7. The van der Waals surface area contributed by atoms with Gasteiger partial charge in [-0.05, 0) is 99.6 Å². The lowest BCUT2D eigenvalue weighted by Gasteiger charge is -2.29. The topological polar surface area (TPSA) is 16.4 Å². The predicted octanol–water partition coefficient (Wildman–Crippen LogP) is 15.9. The molecule has 0 aliphatic rings. The summed E-state index contributed by atoms with van der Waals surface area (Å²) < 4.78 is 8.78. The Morgan fingerprint density at radius 3 is 2.00 bits per heavy atom. The summed E-state index contributed by atoms with van der Waals surface area (Å²) in [5.74, 6) is 0. The fourth-order valence-corrected chi connectivity index (χ4v) is 9.63. The van der Waals surface area contributed by atoms with E-state index in [1.807, 2.05) is 23.5 Å². The summed E-state index contributed by atoms with van der Waals surface area (Å²) >= 11 is 1.88. The highest BCUT2D eigenvalue weighted by atomic mass is 32.1. The van der Waals surface area contributed by atoms with Gasteiger partial charge < -0.3 is 9.32 Å². The standard InChI is InChI=1S/C53H35NOS/c1-34-11-9-19-47-46-29-27-41(33-52(46)56-53(34)47)54(40-25-21-35(22-26-40)38-24-30-51-48(31-38)45-17-7-8-20-50(45)55-51)49-32-39(23-28-44(49)37-12-3-2-4-13-37)43-18-10-15-36-14-5-6-16-42(36)43/h2-33H,1H3. The first-order chi connectivity index (χ1) is 27.7. The van der Waals surface area contributed by atoms with Crippen LogP contribution >= 0.6 is 11.3 Å². The molecule has 0 radical (unpaired) electrons. The minimum Gasteiger partial charge on any atom is -0.456 e. The van der Waals surface area contributed by atoms with E-state index in [2.05, 4.69) is 194 Å². The zero-order valence-corrected chi connectivity index (χ0v) is 31.6. The lowest BCUT2D eigenvalue weighted by molar-refractivity contribution is 0.669. The SMILES string of the molecule is Cc1cccc2c1sc1cc(N(c3ccc(-c4ccc5oc6ccccc6c5c4)cc3)c3cc(-c4cccc5ccccc45)ccc3-c3ccccc3)ccc12. The van der Waals surface area contributed by atoms with Crippen LogP contribution in [-0.4, -0.2) is 0 Å². The van der Waals surface area contributed by atoms with E-state index in [0.717, 1.165) is 50.1 Å². The molecule has 9 aromatic carbocycles. The van der Waals surface area contributed by atoms with Gasteiger partial charge in [-0.15, -0.1) is 11.3 Å². The van der Waals surface area contributed by atoms with Crippen molar-refractivity contribution in [2.75, 3.05) is 4.90 Å². The number of para-hydroxylation sites is 1. The molecule has 56 heavy (non-hydrogen) atoms. The number of thiophene rings is 1. The molecule has 0 spiro atoms. The molecule has 0 aliphatic heterocycles. The Bertz CT molecular complexity index is 3260. The molecule has 11 rings (SSSR count). The maximum absolute atomic E-state index is 6.16. The Morgan fingerprint density at radius 1 is 0.411 bits per heavy atom. The van der Waals surface area contributed by atoms with E-state index in [9.17, 15) is 0 Å². The minimum atomic E-state index is 0.907. The van der Waals surface area contributed by atoms with E-state index in [1.54, 1.807) is 0 Å². The van der Waals surface area contributed by atoms with E-state index >= 15 is 0 Å². The molecule has 2 aromatic heterocycles. The normalized spacial score (nSPS) is 11.7. The molecule has 0 atom stereocenters. The lowest BCUT2D eigenvalue weighted by atomic mass is 9.94. The van der Waals surface area contributed by atoms with Crippen molar-refractivity contribution in [3.05, 3.63) is 200 Å². The second-order valence-electron chi connectivity index (χ2n) is 14.6. The third-order valence-corrected chi connectivity index (χ3v) is 12.5. The fraction of sp³-hybridized carbons (Fsp3) is 0.0189. The number of anilines is 3. The van der Waals surface area contributed by atoms with Crippen molar-refractivity contribution in [1.29, 1.82) is 0 Å². The highest BCUT2D eigenvalue weighted by Crippen LogP contribution is 2.46. The molecule has 0 fully saturated rings. The van der Waals surface area contributed by atoms with Gasteiger partial charge in [0.1, 0.15) is 11.2 Å². The third-order valence-electron chi connectivity index (χ3n) is 11.2. The van der Waals surface area contributed by atoms with Crippen molar-refractivity contribution in [2.45, 2.75) is 6.92 Å². The summed E-state index contributed by atoms with van der Waals surface area (Å²) in [6, 6.07) is 70.5. The van der Waals surface area contributed by atoms with Crippen LogP contribution in [0, 0.1) is 6.92 Å². The molecule has 11 aromatic rings. The van der Waals surface area contributed by atoms with Crippen LogP contribution < -0.4 is 4.90 Å². The highest BCUT2D eigenvalue weighted by Gasteiger charge is 2.21. The maximum Gasteiger partial charge on any atom is 0.135 e. The summed E-state index contributed by atoms with van der Waals surface area (Å²) in [6.07, 6.45) is 0. The van der Waals surface area contributed by atoms with Gasteiger partial charge in [0.2, 0.25) is 0 Å². The van der Waals surface area contributed by atoms with Crippen molar-refractivity contribution >= 4 is 81.3 Å². The first-order valence-electron chi connectivity index (χ1n) is 19.1. The average Bonchev–Trinajstić information content (AvgIpc) is 3.83. The van der Waals surface area contributed by atoms with Gasteiger partial charge in [-0.1, -0.05) is 146 Å². The second-order valence-corrected chi connectivity index (χ2v) is 15.6. The van der Waals surface area contributed by atoms with Crippen LogP contribution in [0.25, 0.3) is 86.3 Å². The number of nitrogens with zero attached hydrogens (tertiary/aromatic N) is 1. The zero-order chi connectivity index (χ0) is 37.2. The Kier molecular flexibility index (Phi) is 7.61. The molecular formula is C53H35NOS. The number of rotatable bonds is 6. The van der Waals surface area contributed by atoms with Crippen LogP contribution in [0.15, 0.2) is 199 Å². The van der Waals surface area contributed by atoms with Gasteiger partial charge in [0, 0.05) is 47.9 Å². The van der Waals surface area contributed by atoms with Crippen molar-refractivity contribution < 1.29 is 4.42 Å². The number of benzene rings is 9. The number of hydrogen-bond acceptors (Lipinski definition) is 3. The maximum atomic E-state index is 6.16. The van der Waals surface area contributed by atoms with Crippen LogP contribution in [0.2, 0.25) is 0 Å². The predicted molar refractivity (Wildman–Crippen MR) is 240 cm³/mol. The number of furan rings is 1. The van der Waals surface area contributed by atoms with Crippen LogP contribution in [-0.2, 0) is 0 Å². The monoisotopic (exact) mass is 733 g/mol. The Balaban J connectivity index is 1.12. The fourth-order valence-electron chi connectivity index (χ4n) is 8.43. The summed E-state index contributed by atoms with van der Waals surface area (Å²) in [4.78, 5) is 2.45. The van der Waals surface area contributed by atoms with Crippen molar-refractivity contribution in [3.63, 3.8) is 0 Å². The van der Waals surface area contributed by atoms with Gasteiger partial charge in [-0.2, -0.15) is 0 Å². The molecule has 0 saturated heterocycles. The minimum absolute atomic E-state index is 0.907. The molecular weight excluding hydrogens is 699 g/mol. The van der Waals surface area contributed by atoms with Crippen LogP contribution in [0.4, 0.5) is 17.1 Å². The van der Waals surface area contributed by atoms with Gasteiger partial charge in [0.15, 0.2) is 0 Å². The summed E-state index contributed by atoms with van der Waals surface area (Å²) in [5, 5.41) is 7.36. The molecule has 0 saturated carbocycles. The average molecular weight is 734 g/mol. The van der Waals surface area contributed by atoms with Crippen molar-refractivity contribution in [1.82, 2.24) is 0 Å². The molecule has 0 N–H and O–H groups in total. The number of fused-ring (bicyclic) bond motifs is 7. The molecule has 0 bridgehead atoms. The van der Waals surface area contributed by atoms with E-state index < -0.39 is 0 Å². The highest BCUT2D eigenvalue weighted by molar-refractivity contribution is 7.26. The van der Waals surface area contributed by atoms with Gasteiger partial charge in [0.25, 0.3) is 0 Å². The first kappa shape index (κ1) is 32.5. The summed E-state index contributed by atoms with van der Waals surface area (Å²) in [7, 11) is 0. The molecule has 2 heterocycles. The van der Waals surface area contributed by atoms with Crippen molar-refractivity contribution in [3.8, 4) is 33.4 Å². The van der Waals surface area contributed by atoms with E-state index in [-0.39, 0.29) is 0 Å². The summed E-state index contributed by atoms with van der Waals surface area (Å²) in [6.45, 7) is 2.21. The quantitative estimate of drug-likeness (QED) is 0.169. The van der Waals surface area contributed by atoms with Gasteiger partial charge in [0.05, 0.1) is 5.69 Å². The Labute approximate surface area is 329 Å². The van der Waals surface area contributed by atoms with Crippen molar-refractivity contribution in [2.24, 2.45) is 0 Å². The molecule has 0 aliphatic carbocycles. The smallest absolute Gasteiger partial charge is 0.135 e. The van der Waals surface area contributed by atoms with Gasteiger partial charge in [-0.3, -0.25) is 0 Å². The number of aryl methyl sites for hydroxylation is 1. The Hall–Kier alpha value is -6.94. The molecule has 264 valence electrons. The van der Waals surface area contributed by atoms with E-state index in [1.165, 1.54) is 58.8 Å². The molecule has 3 heteroatoms. The summed E-state index contributed by atoms with van der Waals surface area (Å²) in [5.41, 5.74) is 13.5. The van der Waals surface area contributed by atoms with Gasteiger partial charge >= 0.3 is 0 Å². The van der Waals surface area contributed by atoms with E-state index in [0.29, 0.717) is 0 Å². The van der Waals surface area contributed by atoms with Crippen LogP contribution in [0.1, 0.15) is 5.56 Å². The molecule has 0 unspecified atom stereocenters. The first-order valence-corrected chi connectivity index (χ1v) is 19.9. The largest absolute Gasteiger partial charge is 0.456 e. The van der Waals surface area contributed by atoms with Gasteiger partial charge in [-0.25, -0.2) is 0 Å². The third kappa shape index (κ3) is 5.39. The lowest BCUT2D eigenvalue weighted by Crippen LogP contribution is -2.11. The second kappa shape index (κ2) is 13.1.